The van der Waals surface area contributed by atoms with E-state index in [9.17, 15) is 14.4 Å². The van der Waals surface area contributed by atoms with Gasteiger partial charge >= 0.3 is 11.9 Å². The zero-order chi connectivity index (χ0) is 21.0. The molecule has 2 aromatic rings. The number of amides is 1. The summed E-state index contributed by atoms with van der Waals surface area (Å²) >= 11 is 1.25. The molecule has 0 atom stereocenters. The molecule has 0 aliphatic carbocycles. The number of rotatable bonds is 5. The number of carbonyl (C=O) groups excluding carboxylic acids is 2. The van der Waals surface area contributed by atoms with Crippen LogP contribution in [0.2, 0.25) is 0 Å². The highest BCUT2D eigenvalue weighted by Crippen LogP contribution is 2.34. The van der Waals surface area contributed by atoms with Crippen molar-refractivity contribution in [2.24, 2.45) is 4.99 Å². The number of carbonyl (C=O) groups is 3. The Bertz CT molecular complexity index is 1010. The molecule has 1 aliphatic heterocycles. The highest BCUT2D eigenvalue weighted by molar-refractivity contribution is 8.18. The van der Waals surface area contributed by atoms with Crippen molar-refractivity contribution < 1.29 is 24.2 Å². The highest BCUT2D eigenvalue weighted by atomic mass is 32.2. The van der Waals surface area contributed by atoms with Gasteiger partial charge in [0.2, 0.25) is 0 Å². The first-order valence-electron chi connectivity index (χ1n) is 8.74. The van der Waals surface area contributed by atoms with Crippen molar-refractivity contribution in [3.05, 3.63) is 70.1 Å². The molecule has 1 N–H and O–H groups in total. The number of aliphatic imine (C=N–C) groups is 1. The molecule has 29 heavy (non-hydrogen) atoms. The van der Waals surface area contributed by atoms with Gasteiger partial charge in [-0.3, -0.25) is 9.69 Å². The number of ether oxygens (including phenoxy) is 1. The van der Waals surface area contributed by atoms with Crippen LogP contribution in [0.1, 0.15) is 33.2 Å². The number of aromatic carboxylic acids is 1. The second-order valence-electron chi connectivity index (χ2n) is 6.02. The summed E-state index contributed by atoms with van der Waals surface area (Å²) in [5, 5.41) is 9.51. The van der Waals surface area contributed by atoms with Crippen LogP contribution in [0, 0.1) is 0 Å². The average molecular weight is 410 g/mol. The molecule has 0 unspecified atom stereocenters. The number of likely N-dealkylation sites (N-methyl/N-ethyl adjacent to an activating group) is 1. The van der Waals surface area contributed by atoms with E-state index in [1.54, 1.807) is 47.4 Å². The molecule has 0 radical (unpaired) electrons. The van der Waals surface area contributed by atoms with E-state index >= 15 is 0 Å². The van der Waals surface area contributed by atoms with Crippen molar-refractivity contribution in [3.8, 4) is 0 Å². The van der Waals surface area contributed by atoms with E-state index in [-0.39, 0.29) is 11.5 Å². The molecular formula is C21H18N2O5S. The van der Waals surface area contributed by atoms with Gasteiger partial charge in [0, 0.05) is 6.54 Å². The maximum Gasteiger partial charge on any atom is 0.337 e. The Morgan fingerprint density at radius 2 is 1.72 bits per heavy atom. The fourth-order valence-corrected chi connectivity index (χ4v) is 3.71. The molecule has 0 spiro atoms. The Balaban J connectivity index is 1.85. The van der Waals surface area contributed by atoms with Crippen LogP contribution in [-0.2, 0) is 9.53 Å². The minimum Gasteiger partial charge on any atom is -0.478 e. The van der Waals surface area contributed by atoms with Gasteiger partial charge in [-0.05, 0) is 66.7 Å². The van der Waals surface area contributed by atoms with Crippen LogP contribution in [0.25, 0.3) is 6.08 Å². The Kier molecular flexibility index (Phi) is 6.13. The number of thioether (sulfide) groups is 1. The van der Waals surface area contributed by atoms with Gasteiger partial charge in [-0.1, -0.05) is 12.1 Å². The third-order valence-electron chi connectivity index (χ3n) is 4.17. The Morgan fingerprint density at radius 3 is 2.28 bits per heavy atom. The minimum atomic E-state index is -1.01. The lowest BCUT2D eigenvalue weighted by Gasteiger charge is -2.12. The summed E-state index contributed by atoms with van der Waals surface area (Å²) < 4.78 is 4.68. The number of hydrogen-bond acceptors (Lipinski definition) is 6. The van der Waals surface area contributed by atoms with Crippen LogP contribution in [0.15, 0.2) is 58.4 Å². The minimum absolute atomic E-state index is 0.157. The second kappa shape index (κ2) is 8.74. The Labute approximate surface area is 171 Å². The second-order valence-corrected chi connectivity index (χ2v) is 7.03. The van der Waals surface area contributed by atoms with E-state index in [1.807, 2.05) is 6.92 Å². The maximum atomic E-state index is 12.7. The van der Waals surface area contributed by atoms with Crippen LogP contribution >= 0.6 is 11.8 Å². The monoisotopic (exact) mass is 410 g/mol. The van der Waals surface area contributed by atoms with Gasteiger partial charge in [0.25, 0.3) is 5.91 Å². The molecule has 7 nitrogen and oxygen atoms in total. The van der Waals surface area contributed by atoms with E-state index in [0.29, 0.717) is 27.9 Å². The van der Waals surface area contributed by atoms with Crippen molar-refractivity contribution in [1.82, 2.24) is 4.90 Å². The molecule has 1 heterocycles. The smallest absolute Gasteiger partial charge is 0.337 e. The number of hydrogen-bond donors (Lipinski definition) is 1. The van der Waals surface area contributed by atoms with Crippen molar-refractivity contribution in [3.63, 3.8) is 0 Å². The number of esters is 1. The maximum absolute atomic E-state index is 12.7. The molecule has 1 amide bonds. The quantitative estimate of drug-likeness (QED) is 0.595. The number of methoxy groups -OCH3 is 1. The molecule has 3 rings (SSSR count). The molecule has 2 aromatic carbocycles. The number of amidine groups is 1. The van der Waals surface area contributed by atoms with Gasteiger partial charge in [0.15, 0.2) is 5.17 Å². The normalized spacial score (nSPS) is 16.5. The van der Waals surface area contributed by atoms with Crippen LogP contribution in [0.4, 0.5) is 5.69 Å². The first-order chi connectivity index (χ1) is 13.9. The van der Waals surface area contributed by atoms with E-state index in [4.69, 9.17) is 5.11 Å². The van der Waals surface area contributed by atoms with Gasteiger partial charge in [-0.15, -0.1) is 0 Å². The Morgan fingerprint density at radius 1 is 1.10 bits per heavy atom. The summed E-state index contributed by atoms with van der Waals surface area (Å²) in [5.74, 6) is -1.58. The first-order valence-corrected chi connectivity index (χ1v) is 9.56. The molecular weight excluding hydrogens is 392 g/mol. The lowest BCUT2D eigenvalue weighted by Crippen LogP contribution is -2.28. The zero-order valence-corrected chi connectivity index (χ0v) is 16.6. The van der Waals surface area contributed by atoms with Crippen LogP contribution < -0.4 is 0 Å². The summed E-state index contributed by atoms with van der Waals surface area (Å²) in [6.07, 6.45) is 1.74. The molecule has 0 saturated carbocycles. The average Bonchev–Trinajstić information content (AvgIpc) is 3.02. The molecule has 148 valence electrons. The van der Waals surface area contributed by atoms with Crippen molar-refractivity contribution >= 4 is 46.5 Å². The topological polar surface area (TPSA) is 96.3 Å². The van der Waals surface area contributed by atoms with E-state index < -0.39 is 11.9 Å². The number of carboxylic acids is 1. The van der Waals surface area contributed by atoms with Gasteiger partial charge in [-0.25, -0.2) is 14.6 Å². The molecule has 1 fully saturated rings. The summed E-state index contributed by atoms with van der Waals surface area (Å²) in [5.41, 5.74) is 1.94. The first kappa shape index (κ1) is 20.3. The molecule has 1 saturated heterocycles. The molecule has 0 aromatic heterocycles. The van der Waals surface area contributed by atoms with Gasteiger partial charge in [-0.2, -0.15) is 0 Å². The third-order valence-corrected chi connectivity index (χ3v) is 5.18. The van der Waals surface area contributed by atoms with Crippen molar-refractivity contribution in [2.75, 3.05) is 13.7 Å². The fourth-order valence-electron chi connectivity index (χ4n) is 2.64. The zero-order valence-electron chi connectivity index (χ0n) is 15.8. The SMILES string of the molecule is CCN1C(=O)/C(=C/c2ccc(C(=O)OC)cc2)SC1=Nc1ccc(C(=O)O)cc1. The lowest BCUT2D eigenvalue weighted by atomic mass is 10.1. The summed E-state index contributed by atoms with van der Waals surface area (Å²) in [6.45, 7) is 2.31. The van der Waals surface area contributed by atoms with Gasteiger partial charge in [0.05, 0.1) is 28.8 Å². The van der Waals surface area contributed by atoms with Crippen LogP contribution in [0.3, 0.4) is 0 Å². The van der Waals surface area contributed by atoms with E-state index in [1.165, 1.54) is 31.0 Å². The number of carboxylic acid groups (broad SMARTS) is 1. The molecule has 0 bridgehead atoms. The third kappa shape index (κ3) is 4.55. The summed E-state index contributed by atoms with van der Waals surface area (Å²) in [4.78, 5) is 41.8. The summed E-state index contributed by atoms with van der Waals surface area (Å²) in [6, 6.07) is 12.9. The molecule has 1 aliphatic rings. The lowest BCUT2D eigenvalue weighted by molar-refractivity contribution is -0.122. The fraction of sp³-hybridized carbons (Fsp3) is 0.143. The van der Waals surface area contributed by atoms with Crippen LogP contribution in [0.5, 0.6) is 0 Å². The number of benzene rings is 2. The predicted octanol–water partition coefficient (Wildman–Crippen LogP) is 3.80. The van der Waals surface area contributed by atoms with Crippen LogP contribution in [-0.4, -0.2) is 46.7 Å². The van der Waals surface area contributed by atoms with Gasteiger partial charge in [0.1, 0.15) is 0 Å². The van der Waals surface area contributed by atoms with Crippen molar-refractivity contribution in [1.29, 1.82) is 0 Å². The summed E-state index contributed by atoms with van der Waals surface area (Å²) in [7, 11) is 1.32. The highest BCUT2D eigenvalue weighted by Gasteiger charge is 2.32. The molecule has 8 heteroatoms. The predicted molar refractivity (Wildman–Crippen MR) is 111 cm³/mol. The largest absolute Gasteiger partial charge is 0.478 e. The van der Waals surface area contributed by atoms with Gasteiger partial charge < -0.3 is 9.84 Å². The van der Waals surface area contributed by atoms with E-state index in [0.717, 1.165) is 5.56 Å². The Hall–Kier alpha value is -3.39. The van der Waals surface area contributed by atoms with Crippen molar-refractivity contribution in [2.45, 2.75) is 6.92 Å². The number of nitrogens with zero attached hydrogens (tertiary/aromatic N) is 2. The van der Waals surface area contributed by atoms with E-state index in [2.05, 4.69) is 9.73 Å². The standard InChI is InChI=1S/C21H18N2O5S/c1-3-23-18(24)17(12-13-4-6-15(7-5-13)20(27)28-2)29-21(23)22-16-10-8-14(9-11-16)19(25)26/h4-12H,3H2,1-2H3,(H,25,26)/b17-12-,22-21?.